The van der Waals surface area contributed by atoms with Crippen molar-refractivity contribution >= 4 is 11.9 Å². The number of carboxylic acid groups (broad SMARTS) is 2. The van der Waals surface area contributed by atoms with Gasteiger partial charge in [-0.3, -0.25) is 0 Å². The molecule has 0 saturated carbocycles. The Morgan fingerprint density at radius 3 is 1.88 bits per heavy atom. The number of fused-ring (bicyclic) bond motifs is 1. The molecule has 1 heterocycles. The molecule has 1 aliphatic rings. The Balaban J connectivity index is 2.24. The first-order valence-electron chi connectivity index (χ1n) is 12.7. The van der Waals surface area contributed by atoms with Gasteiger partial charge < -0.3 is 43.1 Å². The third kappa shape index (κ3) is 5.89. The minimum Gasteiger partial charge on any atom is -0.493 e. The molecule has 0 amide bonds. The van der Waals surface area contributed by atoms with E-state index < -0.39 is 11.9 Å². The molecule has 0 aromatic heterocycles. The van der Waals surface area contributed by atoms with Gasteiger partial charge in [0.1, 0.15) is 6.04 Å². The monoisotopic (exact) mass is 560 g/mol. The molecule has 0 radical (unpaired) electrons. The Morgan fingerprint density at radius 2 is 1.40 bits per heavy atom. The number of likely N-dealkylation sites (N-methyl/N-ethyl adjacent to an activating group) is 1. The number of hydrogen-bond acceptors (Lipinski definition) is 8. The van der Waals surface area contributed by atoms with Crippen molar-refractivity contribution in [3.63, 3.8) is 0 Å². The summed E-state index contributed by atoms with van der Waals surface area (Å²) in [6.07, 6.45) is 1.99. The Hall–Kier alpha value is -4.12. The lowest BCUT2D eigenvalue weighted by Gasteiger charge is -2.46. The molecule has 40 heavy (non-hydrogen) atoms. The van der Waals surface area contributed by atoms with Crippen LogP contribution >= 0.6 is 0 Å². The molecule has 3 rings (SSSR count). The van der Waals surface area contributed by atoms with E-state index in [1.165, 1.54) is 0 Å². The predicted molar refractivity (Wildman–Crippen MR) is 146 cm³/mol. The van der Waals surface area contributed by atoms with Crippen LogP contribution < -0.4 is 28.4 Å². The Bertz CT molecular complexity index is 1260. The molecule has 2 atom stereocenters. The summed E-state index contributed by atoms with van der Waals surface area (Å²) in [5.41, 5.74) is 2.65. The van der Waals surface area contributed by atoms with Crippen molar-refractivity contribution in [2.45, 2.75) is 25.3 Å². The zero-order valence-corrected chi connectivity index (χ0v) is 24.0. The fourth-order valence-electron chi connectivity index (χ4n) is 5.60. The standard InChI is InChI=1S/C29H37NO10/c1-30(11-8-9-18(29(33)34)16-23(31)32)12-10-17-13-22(37-4)27(39-6)28(40-7)24(17)25(30)19-14-20(35-2)26(38-5)21(15-19)36-3/h13-16,25H,8-12H2,1-7H3,(H-,31,32,33,34)/p+1/t25-,30+/m1/s1. The molecule has 2 N–H and O–H groups in total. The normalized spacial score (nSPS) is 18.4. The van der Waals surface area contributed by atoms with E-state index in [0.717, 1.165) is 22.8 Å². The van der Waals surface area contributed by atoms with E-state index in [2.05, 4.69) is 7.05 Å². The van der Waals surface area contributed by atoms with Gasteiger partial charge in [0.2, 0.25) is 11.5 Å². The van der Waals surface area contributed by atoms with E-state index >= 15 is 0 Å². The summed E-state index contributed by atoms with van der Waals surface area (Å²) >= 11 is 0. The number of rotatable bonds is 13. The summed E-state index contributed by atoms with van der Waals surface area (Å²) in [5, 5.41) is 18.6. The second-order valence-corrected chi connectivity index (χ2v) is 9.67. The minimum atomic E-state index is -1.29. The summed E-state index contributed by atoms with van der Waals surface area (Å²) in [6.45, 7) is 1.25. The molecule has 0 fully saturated rings. The molecular formula is C29H38NO10+. The molecule has 0 bridgehead atoms. The van der Waals surface area contributed by atoms with Crippen molar-refractivity contribution in [3.8, 4) is 34.5 Å². The van der Waals surface area contributed by atoms with Gasteiger partial charge >= 0.3 is 11.9 Å². The van der Waals surface area contributed by atoms with Crippen LogP contribution in [0.2, 0.25) is 0 Å². The van der Waals surface area contributed by atoms with Gasteiger partial charge in [-0.2, -0.15) is 0 Å². The highest BCUT2D eigenvalue weighted by atomic mass is 16.5. The average Bonchev–Trinajstić information content (AvgIpc) is 2.94. The van der Waals surface area contributed by atoms with Gasteiger partial charge in [-0.15, -0.1) is 0 Å². The van der Waals surface area contributed by atoms with Gasteiger partial charge in [-0.25, -0.2) is 9.59 Å². The number of aliphatic carboxylic acids is 2. The quantitative estimate of drug-likeness (QED) is 0.276. The first kappa shape index (κ1) is 30.4. The Labute approximate surface area is 234 Å². The maximum Gasteiger partial charge on any atom is 0.331 e. The first-order valence-corrected chi connectivity index (χ1v) is 12.7. The van der Waals surface area contributed by atoms with Gasteiger partial charge in [0.15, 0.2) is 23.0 Å². The lowest BCUT2D eigenvalue weighted by molar-refractivity contribution is -0.935. The molecule has 2 aromatic carbocycles. The van der Waals surface area contributed by atoms with Gasteiger partial charge in [0.05, 0.1) is 68.4 Å². The highest BCUT2D eigenvalue weighted by molar-refractivity contribution is 5.94. The smallest absolute Gasteiger partial charge is 0.331 e. The molecular weight excluding hydrogens is 522 g/mol. The lowest BCUT2D eigenvalue weighted by Crippen LogP contribution is -2.52. The Morgan fingerprint density at radius 1 is 0.850 bits per heavy atom. The fraction of sp³-hybridized carbons (Fsp3) is 0.448. The van der Waals surface area contributed by atoms with E-state index in [9.17, 15) is 14.7 Å². The summed E-state index contributed by atoms with van der Waals surface area (Å²) in [6, 6.07) is 5.45. The van der Waals surface area contributed by atoms with Crippen molar-refractivity contribution in [2.75, 3.05) is 62.8 Å². The van der Waals surface area contributed by atoms with Gasteiger partial charge in [0.25, 0.3) is 0 Å². The molecule has 0 aliphatic carbocycles. The van der Waals surface area contributed by atoms with Gasteiger partial charge in [-0.05, 0) is 30.2 Å². The second-order valence-electron chi connectivity index (χ2n) is 9.67. The maximum absolute atomic E-state index is 11.6. The molecule has 2 aromatic rings. The summed E-state index contributed by atoms with van der Waals surface area (Å²) in [4.78, 5) is 22.8. The van der Waals surface area contributed by atoms with Crippen molar-refractivity contribution in [2.24, 2.45) is 0 Å². The number of methoxy groups -OCH3 is 6. The van der Waals surface area contributed by atoms with Crippen LogP contribution in [0.25, 0.3) is 0 Å². The molecule has 0 saturated heterocycles. The number of hydrogen-bond donors (Lipinski definition) is 2. The van der Waals surface area contributed by atoms with Crippen molar-refractivity contribution < 1.29 is 52.7 Å². The fourth-order valence-corrected chi connectivity index (χ4v) is 5.60. The minimum absolute atomic E-state index is 0.105. The molecule has 1 aliphatic heterocycles. The predicted octanol–water partition coefficient (Wildman–Crippen LogP) is 3.71. The highest BCUT2D eigenvalue weighted by Gasteiger charge is 2.44. The van der Waals surface area contributed by atoms with Crippen molar-refractivity contribution in [1.82, 2.24) is 0 Å². The number of carbonyl (C=O) groups is 2. The SMILES string of the molecule is COc1cc([C@@H]2c3c(cc(OC)c(OC)c3OC)CC[N@+]2(C)CCCC(=CC(=O)O)C(=O)O)cc(OC)c1OC. The number of carboxylic acids is 2. The molecule has 218 valence electrons. The summed E-state index contributed by atoms with van der Waals surface area (Å²) in [7, 11) is 11.5. The zero-order valence-electron chi connectivity index (χ0n) is 24.0. The van der Waals surface area contributed by atoms with Crippen LogP contribution in [-0.2, 0) is 16.0 Å². The maximum atomic E-state index is 11.6. The Kier molecular flexibility index (Phi) is 9.75. The largest absolute Gasteiger partial charge is 0.493 e. The number of benzene rings is 2. The van der Waals surface area contributed by atoms with Crippen LogP contribution in [0.15, 0.2) is 29.8 Å². The third-order valence-corrected chi connectivity index (χ3v) is 7.43. The zero-order chi connectivity index (χ0) is 29.6. The van der Waals surface area contributed by atoms with Gasteiger partial charge in [-0.1, -0.05) is 0 Å². The second kappa shape index (κ2) is 12.8. The van der Waals surface area contributed by atoms with Gasteiger partial charge in [0, 0.05) is 30.1 Å². The molecule has 11 heteroatoms. The highest BCUT2D eigenvalue weighted by Crippen LogP contribution is 2.53. The van der Waals surface area contributed by atoms with E-state index in [1.807, 2.05) is 18.2 Å². The van der Waals surface area contributed by atoms with Crippen LogP contribution in [0.5, 0.6) is 34.5 Å². The third-order valence-electron chi connectivity index (χ3n) is 7.43. The number of quaternary nitrogens is 1. The number of nitrogens with zero attached hydrogens (tertiary/aromatic N) is 1. The van der Waals surface area contributed by atoms with E-state index in [-0.39, 0.29) is 18.0 Å². The average molecular weight is 561 g/mol. The van der Waals surface area contributed by atoms with Crippen LogP contribution in [0.3, 0.4) is 0 Å². The molecule has 0 spiro atoms. The van der Waals surface area contributed by atoms with E-state index in [0.29, 0.717) is 64.9 Å². The topological polar surface area (TPSA) is 130 Å². The van der Waals surface area contributed by atoms with Crippen LogP contribution in [-0.4, -0.2) is 89.4 Å². The van der Waals surface area contributed by atoms with Crippen molar-refractivity contribution in [1.29, 1.82) is 0 Å². The van der Waals surface area contributed by atoms with Crippen molar-refractivity contribution in [3.05, 3.63) is 46.5 Å². The van der Waals surface area contributed by atoms with Crippen LogP contribution in [0, 0.1) is 0 Å². The van der Waals surface area contributed by atoms with Crippen LogP contribution in [0.1, 0.15) is 35.6 Å². The van der Waals surface area contributed by atoms with Crippen LogP contribution in [0.4, 0.5) is 0 Å². The first-order chi connectivity index (χ1) is 19.1. The van der Waals surface area contributed by atoms with E-state index in [1.54, 1.807) is 42.7 Å². The number of ether oxygens (including phenoxy) is 6. The summed E-state index contributed by atoms with van der Waals surface area (Å²) in [5.74, 6) is 0.481. The van der Waals surface area contributed by atoms with E-state index in [4.69, 9.17) is 33.5 Å². The summed E-state index contributed by atoms with van der Waals surface area (Å²) < 4.78 is 34.6. The molecule has 11 nitrogen and oxygen atoms in total. The lowest BCUT2D eigenvalue weighted by atomic mass is 9.84. The molecule has 0 unspecified atom stereocenters.